The number of fused-ring (bicyclic) bond motifs is 1. The van der Waals surface area contributed by atoms with E-state index in [2.05, 4.69) is 15.0 Å². The third kappa shape index (κ3) is 2.69. The van der Waals surface area contributed by atoms with Crippen molar-refractivity contribution in [3.8, 4) is 23.2 Å². The molecular formula is C15H12N4OS. The van der Waals surface area contributed by atoms with Gasteiger partial charge in [0.25, 0.3) is 0 Å². The highest BCUT2D eigenvalue weighted by Crippen LogP contribution is 2.32. The highest BCUT2D eigenvalue weighted by molar-refractivity contribution is 7.98. The molecule has 0 bridgehead atoms. The first-order valence-electron chi connectivity index (χ1n) is 6.29. The number of thioether (sulfide) groups is 1. The Hall–Kier alpha value is -2.52. The first kappa shape index (κ1) is 13.5. The van der Waals surface area contributed by atoms with Crippen molar-refractivity contribution < 1.29 is 4.74 Å². The van der Waals surface area contributed by atoms with Crippen molar-refractivity contribution in [2.75, 3.05) is 12.9 Å². The van der Waals surface area contributed by atoms with E-state index in [-0.39, 0.29) is 6.61 Å². The van der Waals surface area contributed by atoms with Gasteiger partial charge in [-0.1, -0.05) is 0 Å². The molecule has 6 heteroatoms. The molecule has 0 saturated carbocycles. The standard InChI is InChI=1S/C15H12N4OS/c1-21-10-2-3-11(14(8-10)20-7-5-16)15-18-12-4-6-17-9-13(12)19-15/h2-4,6,8-9H,7H2,1H3,(H,18,19). The molecule has 0 saturated heterocycles. The molecule has 3 aromatic rings. The van der Waals surface area contributed by atoms with E-state index in [1.807, 2.05) is 36.6 Å². The molecule has 21 heavy (non-hydrogen) atoms. The Morgan fingerprint density at radius 1 is 1.38 bits per heavy atom. The van der Waals surface area contributed by atoms with Crippen LogP contribution in [0.4, 0.5) is 0 Å². The van der Waals surface area contributed by atoms with Crippen molar-refractivity contribution in [2.45, 2.75) is 4.90 Å². The zero-order chi connectivity index (χ0) is 14.7. The van der Waals surface area contributed by atoms with E-state index < -0.39 is 0 Å². The number of hydrogen-bond acceptors (Lipinski definition) is 5. The summed E-state index contributed by atoms with van der Waals surface area (Å²) in [6.45, 7) is 0.00657. The van der Waals surface area contributed by atoms with Gasteiger partial charge in [-0.05, 0) is 30.5 Å². The van der Waals surface area contributed by atoms with Crippen molar-refractivity contribution in [3.63, 3.8) is 0 Å². The fourth-order valence-electron chi connectivity index (χ4n) is 2.04. The Labute approximate surface area is 126 Å². The van der Waals surface area contributed by atoms with E-state index in [0.29, 0.717) is 11.6 Å². The number of aromatic nitrogens is 3. The molecule has 0 radical (unpaired) electrons. The number of hydrogen-bond donors (Lipinski definition) is 1. The third-order valence-electron chi connectivity index (χ3n) is 3.02. The highest BCUT2D eigenvalue weighted by atomic mass is 32.2. The fourth-order valence-corrected chi connectivity index (χ4v) is 2.47. The maximum atomic E-state index is 8.72. The highest BCUT2D eigenvalue weighted by Gasteiger charge is 2.12. The number of imidazole rings is 1. The molecule has 0 atom stereocenters. The number of H-pyrrole nitrogens is 1. The molecule has 5 nitrogen and oxygen atoms in total. The van der Waals surface area contributed by atoms with Crippen LogP contribution in [0.3, 0.4) is 0 Å². The number of pyridine rings is 1. The van der Waals surface area contributed by atoms with E-state index in [1.165, 1.54) is 0 Å². The predicted octanol–water partition coefficient (Wildman–Crippen LogP) is 3.25. The largest absolute Gasteiger partial charge is 0.478 e. The number of aromatic amines is 1. The maximum absolute atomic E-state index is 8.72. The molecule has 0 fully saturated rings. The van der Waals surface area contributed by atoms with Crippen LogP contribution in [0.15, 0.2) is 41.6 Å². The first-order chi connectivity index (χ1) is 10.3. The van der Waals surface area contributed by atoms with E-state index in [9.17, 15) is 0 Å². The van der Waals surface area contributed by atoms with Crippen LogP contribution in [0.1, 0.15) is 0 Å². The summed E-state index contributed by atoms with van der Waals surface area (Å²) in [4.78, 5) is 12.9. The quantitative estimate of drug-likeness (QED) is 0.748. The normalized spacial score (nSPS) is 10.5. The Morgan fingerprint density at radius 3 is 3.05 bits per heavy atom. The number of nitriles is 1. The van der Waals surface area contributed by atoms with Crippen LogP contribution in [0.2, 0.25) is 0 Å². The topological polar surface area (TPSA) is 74.6 Å². The lowest BCUT2D eigenvalue weighted by atomic mass is 10.2. The monoisotopic (exact) mass is 296 g/mol. The summed E-state index contributed by atoms with van der Waals surface area (Å²) in [6.07, 6.45) is 5.42. The van der Waals surface area contributed by atoms with E-state index in [4.69, 9.17) is 10.00 Å². The van der Waals surface area contributed by atoms with Crippen molar-refractivity contribution >= 4 is 22.8 Å². The molecule has 0 aliphatic carbocycles. The molecule has 0 aliphatic rings. The second-order valence-corrected chi connectivity index (χ2v) is 5.17. The Bertz CT molecular complexity index is 789. The van der Waals surface area contributed by atoms with Gasteiger partial charge in [-0.3, -0.25) is 4.98 Å². The SMILES string of the molecule is CSc1ccc(-c2nc3cnccc3[nH]2)c(OCC#N)c1. The van der Waals surface area contributed by atoms with Crippen LogP contribution in [0, 0.1) is 11.3 Å². The minimum absolute atomic E-state index is 0.00657. The summed E-state index contributed by atoms with van der Waals surface area (Å²) < 4.78 is 5.53. The van der Waals surface area contributed by atoms with Crippen LogP contribution in [-0.4, -0.2) is 27.8 Å². The van der Waals surface area contributed by atoms with Gasteiger partial charge in [-0.15, -0.1) is 11.8 Å². The molecule has 1 aromatic carbocycles. The van der Waals surface area contributed by atoms with Gasteiger partial charge in [0.1, 0.15) is 23.2 Å². The molecule has 0 aliphatic heterocycles. The van der Waals surface area contributed by atoms with Crippen molar-refractivity contribution in [1.29, 1.82) is 5.26 Å². The van der Waals surface area contributed by atoms with Crippen LogP contribution in [0.25, 0.3) is 22.4 Å². The van der Waals surface area contributed by atoms with E-state index in [0.717, 1.165) is 21.5 Å². The summed E-state index contributed by atoms with van der Waals surface area (Å²) in [5.74, 6) is 1.36. The molecule has 2 heterocycles. The average molecular weight is 296 g/mol. The van der Waals surface area contributed by atoms with Gasteiger partial charge in [-0.25, -0.2) is 4.98 Å². The summed E-state index contributed by atoms with van der Waals surface area (Å²) in [7, 11) is 0. The predicted molar refractivity (Wildman–Crippen MR) is 82.2 cm³/mol. The minimum Gasteiger partial charge on any atom is -0.478 e. The number of benzene rings is 1. The van der Waals surface area contributed by atoms with Gasteiger partial charge in [0.2, 0.25) is 0 Å². The van der Waals surface area contributed by atoms with E-state index in [1.54, 1.807) is 24.2 Å². The van der Waals surface area contributed by atoms with Crippen LogP contribution < -0.4 is 4.74 Å². The summed E-state index contributed by atoms with van der Waals surface area (Å²) in [5.41, 5.74) is 2.55. The van der Waals surface area contributed by atoms with Gasteiger partial charge >= 0.3 is 0 Å². The van der Waals surface area contributed by atoms with Gasteiger partial charge in [0.15, 0.2) is 6.61 Å². The lowest BCUT2D eigenvalue weighted by Gasteiger charge is -2.09. The second-order valence-electron chi connectivity index (χ2n) is 4.29. The number of nitrogens with zero attached hydrogens (tertiary/aromatic N) is 3. The molecule has 2 aromatic heterocycles. The third-order valence-corrected chi connectivity index (χ3v) is 3.75. The fraction of sp³-hybridized carbons (Fsp3) is 0.133. The summed E-state index contributed by atoms with van der Waals surface area (Å²) >= 11 is 1.62. The minimum atomic E-state index is 0.00657. The van der Waals surface area contributed by atoms with Crippen LogP contribution >= 0.6 is 11.8 Å². The zero-order valence-corrected chi connectivity index (χ0v) is 12.1. The lowest BCUT2D eigenvalue weighted by molar-refractivity contribution is 0.368. The maximum Gasteiger partial charge on any atom is 0.174 e. The number of nitrogens with one attached hydrogen (secondary N) is 1. The van der Waals surface area contributed by atoms with Crippen molar-refractivity contribution in [3.05, 3.63) is 36.7 Å². The van der Waals surface area contributed by atoms with E-state index >= 15 is 0 Å². The smallest absolute Gasteiger partial charge is 0.174 e. The molecule has 3 rings (SSSR count). The molecule has 0 amide bonds. The first-order valence-corrected chi connectivity index (χ1v) is 7.52. The Morgan fingerprint density at radius 2 is 2.29 bits per heavy atom. The van der Waals surface area contributed by atoms with Crippen LogP contribution in [-0.2, 0) is 0 Å². The average Bonchev–Trinajstić information content (AvgIpc) is 2.96. The van der Waals surface area contributed by atoms with Gasteiger partial charge in [0.05, 0.1) is 17.3 Å². The zero-order valence-electron chi connectivity index (χ0n) is 11.3. The Kier molecular flexibility index (Phi) is 3.75. The van der Waals surface area contributed by atoms with Gasteiger partial charge in [-0.2, -0.15) is 5.26 Å². The summed E-state index contributed by atoms with van der Waals surface area (Å²) in [5, 5.41) is 8.72. The number of ether oxygens (including phenoxy) is 1. The van der Waals surface area contributed by atoms with Crippen LogP contribution in [0.5, 0.6) is 5.75 Å². The lowest BCUT2D eigenvalue weighted by Crippen LogP contribution is -1.96. The molecular weight excluding hydrogens is 284 g/mol. The summed E-state index contributed by atoms with van der Waals surface area (Å²) in [6, 6.07) is 9.73. The van der Waals surface area contributed by atoms with Crippen molar-refractivity contribution in [2.24, 2.45) is 0 Å². The second kappa shape index (κ2) is 5.85. The molecule has 1 N–H and O–H groups in total. The van der Waals surface area contributed by atoms with Gasteiger partial charge in [0, 0.05) is 11.1 Å². The van der Waals surface area contributed by atoms with Crippen molar-refractivity contribution in [1.82, 2.24) is 15.0 Å². The Balaban J connectivity index is 2.09. The van der Waals surface area contributed by atoms with Gasteiger partial charge < -0.3 is 9.72 Å². The molecule has 104 valence electrons. The molecule has 0 spiro atoms. The number of rotatable bonds is 4. The molecule has 0 unspecified atom stereocenters.